The lowest BCUT2D eigenvalue weighted by Crippen LogP contribution is -2.11. The number of thioether (sulfide) groups is 1. The van der Waals surface area contributed by atoms with Gasteiger partial charge in [-0.15, -0.1) is 11.8 Å². The molecule has 0 aromatic heterocycles. The van der Waals surface area contributed by atoms with Crippen molar-refractivity contribution in [2.75, 3.05) is 18.9 Å². The van der Waals surface area contributed by atoms with Gasteiger partial charge in [-0.25, -0.2) is 0 Å². The Morgan fingerprint density at radius 2 is 2.24 bits per heavy atom. The Hall–Kier alpha value is -0.0300. The average Bonchev–Trinajstić information content (AvgIpc) is 2.34. The summed E-state index contributed by atoms with van der Waals surface area (Å²) in [4.78, 5) is 1.24. The molecule has 2 nitrogen and oxygen atoms in total. The van der Waals surface area contributed by atoms with E-state index in [4.69, 9.17) is 5.11 Å². The van der Waals surface area contributed by atoms with Crippen LogP contribution in [0.25, 0.3) is 0 Å². The molecule has 1 rings (SSSR count). The molecule has 1 aromatic rings. The maximum absolute atomic E-state index is 8.99. The minimum absolute atomic E-state index is 0.253. The fraction of sp³-hybridized carbons (Fsp3) is 0.538. The molecule has 0 radical (unpaired) electrons. The van der Waals surface area contributed by atoms with Crippen LogP contribution in [0.2, 0.25) is 0 Å². The number of hydrogen-bond donors (Lipinski definition) is 2. The molecule has 1 unspecified atom stereocenters. The van der Waals surface area contributed by atoms with Gasteiger partial charge in [0.05, 0.1) is 0 Å². The van der Waals surface area contributed by atoms with E-state index in [1.54, 1.807) is 11.8 Å². The fourth-order valence-corrected chi connectivity index (χ4v) is 3.03. The SMILES string of the molecule is CCNCc1ccc(SCC(C)CO)c(Br)c1. The molecule has 0 spiro atoms. The van der Waals surface area contributed by atoms with Gasteiger partial charge in [-0.2, -0.15) is 0 Å². The van der Waals surface area contributed by atoms with Crippen LogP contribution in [0.1, 0.15) is 19.4 Å². The summed E-state index contributed by atoms with van der Waals surface area (Å²) < 4.78 is 1.14. The second-order valence-corrected chi connectivity index (χ2v) is 6.06. The molecule has 0 aliphatic rings. The third kappa shape index (κ3) is 5.42. The summed E-state index contributed by atoms with van der Waals surface area (Å²) in [6, 6.07) is 6.46. The molecule has 0 heterocycles. The van der Waals surface area contributed by atoms with Gasteiger partial charge in [-0.05, 0) is 46.1 Å². The number of benzene rings is 1. The summed E-state index contributed by atoms with van der Waals surface area (Å²) in [6.07, 6.45) is 0. The first-order valence-electron chi connectivity index (χ1n) is 5.90. The van der Waals surface area contributed by atoms with Gasteiger partial charge in [0.15, 0.2) is 0 Å². The molecule has 0 saturated heterocycles. The molecule has 4 heteroatoms. The first kappa shape index (κ1) is 15.0. The average molecular weight is 318 g/mol. The number of aliphatic hydroxyl groups excluding tert-OH is 1. The van der Waals surface area contributed by atoms with Gasteiger partial charge in [0.2, 0.25) is 0 Å². The van der Waals surface area contributed by atoms with Crippen LogP contribution in [0.3, 0.4) is 0 Å². The van der Waals surface area contributed by atoms with Gasteiger partial charge in [0.25, 0.3) is 0 Å². The molecule has 0 bridgehead atoms. The standard InChI is InChI=1S/C13H20BrNOS/c1-3-15-7-11-4-5-13(12(14)6-11)17-9-10(2)8-16/h4-6,10,15-16H,3,7-9H2,1-2H3. The molecule has 1 atom stereocenters. The minimum atomic E-state index is 0.253. The molecule has 1 aromatic carbocycles. The summed E-state index contributed by atoms with van der Waals surface area (Å²) in [5, 5.41) is 12.3. The molecule has 0 fully saturated rings. The van der Waals surface area contributed by atoms with Crippen LogP contribution >= 0.6 is 27.7 Å². The zero-order valence-corrected chi connectivity index (χ0v) is 12.8. The molecular weight excluding hydrogens is 298 g/mol. The highest BCUT2D eigenvalue weighted by Gasteiger charge is 2.05. The van der Waals surface area contributed by atoms with Crippen LogP contribution in [0.5, 0.6) is 0 Å². The van der Waals surface area contributed by atoms with Crippen LogP contribution in [0.15, 0.2) is 27.6 Å². The normalized spacial score (nSPS) is 12.7. The van der Waals surface area contributed by atoms with Gasteiger partial charge in [-0.1, -0.05) is 19.9 Å². The lowest BCUT2D eigenvalue weighted by molar-refractivity contribution is 0.250. The topological polar surface area (TPSA) is 32.3 Å². The third-order valence-electron chi connectivity index (χ3n) is 2.41. The summed E-state index contributed by atoms with van der Waals surface area (Å²) >= 11 is 5.38. The van der Waals surface area contributed by atoms with E-state index < -0.39 is 0 Å². The summed E-state index contributed by atoms with van der Waals surface area (Å²) in [6.45, 7) is 6.31. The van der Waals surface area contributed by atoms with Crippen molar-refractivity contribution >= 4 is 27.7 Å². The Kier molecular flexibility index (Phi) is 7.19. The first-order valence-corrected chi connectivity index (χ1v) is 7.68. The lowest BCUT2D eigenvalue weighted by atomic mass is 10.2. The highest BCUT2D eigenvalue weighted by molar-refractivity contribution is 9.10. The van der Waals surface area contributed by atoms with E-state index in [1.807, 2.05) is 0 Å². The van der Waals surface area contributed by atoms with E-state index >= 15 is 0 Å². The van der Waals surface area contributed by atoms with Gasteiger partial charge in [0, 0.05) is 28.3 Å². The number of rotatable bonds is 7. The molecule has 17 heavy (non-hydrogen) atoms. The number of halogens is 1. The van der Waals surface area contributed by atoms with Gasteiger partial charge in [-0.3, -0.25) is 0 Å². The van der Waals surface area contributed by atoms with Gasteiger partial charge < -0.3 is 10.4 Å². The largest absolute Gasteiger partial charge is 0.396 e. The number of hydrogen-bond acceptors (Lipinski definition) is 3. The zero-order chi connectivity index (χ0) is 12.7. The fourth-order valence-electron chi connectivity index (χ4n) is 1.33. The van der Waals surface area contributed by atoms with Crippen LogP contribution < -0.4 is 5.32 Å². The predicted octanol–water partition coefficient (Wildman–Crippen LogP) is 3.28. The number of aliphatic hydroxyl groups is 1. The van der Waals surface area contributed by atoms with Crippen molar-refractivity contribution in [3.05, 3.63) is 28.2 Å². The van der Waals surface area contributed by atoms with Crippen LogP contribution in [0.4, 0.5) is 0 Å². The molecule has 0 saturated carbocycles. The third-order valence-corrected chi connectivity index (χ3v) is 4.73. The van der Waals surface area contributed by atoms with Crippen LogP contribution in [-0.4, -0.2) is 24.0 Å². The quantitative estimate of drug-likeness (QED) is 0.757. The van der Waals surface area contributed by atoms with Gasteiger partial charge >= 0.3 is 0 Å². The van der Waals surface area contributed by atoms with E-state index in [2.05, 4.69) is 53.3 Å². The summed E-state index contributed by atoms with van der Waals surface area (Å²) in [5.74, 6) is 1.29. The van der Waals surface area contributed by atoms with Crippen LogP contribution in [-0.2, 0) is 6.54 Å². The van der Waals surface area contributed by atoms with Crippen molar-refractivity contribution < 1.29 is 5.11 Å². The highest BCUT2D eigenvalue weighted by Crippen LogP contribution is 2.29. The molecule has 2 N–H and O–H groups in total. The van der Waals surface area contributed by atoms with Crippen molar-refractivity contribution in [1.29, 1.82) is 0 Å². The number of nitrogens with one attached hydrogen (secondary N) is 1. The lowest BCUT2D eigenvalue weighted by Gasteiger charge is -2.10. The second-order valence-electron chi connectivity index (χ2n) is 4.14. The highest BCUT2D eigenvalue weighted by atomic mass is 79.9. The molecule has 96 valence electrons. The first-order chi connectivity index (χ1) is 8.17. The Labute approximate surface area is 116 Å². The van der Waals surface area contributed by atoms with E-state index in [1.165, 1.54) is 10.5 Å². The van der Waals surface area contributed by atoms with E-state index in [0.29, 0.717) is 5.92 Å². The van der Waals surface area contributed by atoms with Crippen molar-refractivity contribution in [2.45, 2.75) is 25.3 Å². The smallest absolute Gasteiger partial charge is 0.0464 e. The Balaban J connectivity index is 2.56. The Morgan fingerprint density at radius 3 is 2.82 bits per heavy atom. The van der Waals surface area contributed by atoms with Crippen LogP contribution in [0, 0.1) is 5.92 Å². The molecule has 0 aliphatic carbocycles. The summed E-state index contributed by atoms with van der Waals surface area (Å²) in [5.41, 5.74) is 1.29. The molecular formula is C13H20BrNOS. The Bertz CT molecular complexity index is 346. The monoisotopic (exact) mass is 317 g/mol. The van der Waals surface area contributed by atoms with Crippen molar-refractivity contribution in [3.8, 4) is 0 Å². The van der Waals surface area contributed by atoms with Crippen molar-refractivity contribution in [3.63, 3.8) is 0 Å². The zero-order valence-electron chi connectivity index (χ0n) is 10.4. The van der Waals surface area contributed by atoms with E-state index in [0.717, 1.165) is 23.3 Å². The minimum Gasteiger partial charge on any atom is -0.396 e. The van der Waals surface area contributed by atoms with Gasteiger partial charge in [0.1, 0.15) is 0 Å². The predicted molar refractivity (Wildman–Crippen MR) is 78.5 cm³/mol. The summed E-state index contributed by atoms with van der Waals surface area (Å²) in [7, 11) is 0. The van der Waals surface area contributed by atoms with E-state index in [-0.39, 0.29) is 6.61 Å². The maximum atomic E-state index is 8.99. The molecule has 0 aliphatic heterocycles. The van der Waals surface area contributed by atoms with Crippen molar-refractivity contribution in [2.24, 2.45) is 5.92 Å². The van der Waals surface area contributed by atoms with E-state index in [9.17, 15) is 0 Å². The van der Waals surface area contributed by atoms with Crippen molar-refractivity contribution in [1.82, 2.24) is 5.32 Å². The Morgan fingerprint density at radius 1 is 1.47 bits per heavy atom. The molecule has 0 amide bonds. The second kappa shape index (κ2) is 8.14. The maximum Gasteiger partial charge on any atom is 0.0464 e.